The lowest BCUT2D eigenvalue weighted by molar-refractivity contribution is -0.120. The molecule has 3 rings (SSSR count). The van der Waals surface area contributed by atoms with Crippen LogP contribution in [0.5, 0.6) is 0 Å². The maximum Gasteiger partial charge on any atom is 0.248 e. The number of carbonyl (C=O) groups excluding carboxylic acids is 2. The molecule has 0 aromatic heterocycles. The summed E-state index contributed by atoms with van der Waals surface area (Å²) in [5.74, 6) is -1.26. The molecule has 2 amide bonds. The predicted octanol–water partition coefficient (Wildman–Crippen LogP) is 2.79. The maximum absolute atomic E-state index is 12.9. The molecule has 0 aliphatic carbocycles. The molecule has 29 heavy (non-hydrogen) atoms. The predicted molar refractivity (Wildman–Crippen MR) is 111 cm³/mol. The molecule has 154 valence electrons. The summed E-state index contributed by atoms with van der Waals surface area (Å²) in [5.41, 5.74) is 6.88. The zero-order valence-electron chi connectivity index (χ0n) is 15.9. The number of amides is 2. The van der Waals surface area contributed by atoms with Crippen molar-refractivity contribution in [2.75, 3.05) is 18.4 Å². The highest BCUT2D eigenvalue weighted by Gasteiger charge is 2.33. The van der Waals surface area contributed by atoms with E-state index < -0.39 is 21.8 Å². The Morgan fingerprint density at radius 3 is 2.48 bits per heavy atom. The SMILES string of the molecule is Cc1cc(NC(=O)C2CCCN(S(=O)(=O)c3ccc(Cl)cc3)C2)ccc1C(N)=O. The van der Waals surface area contributed by atoms with Gasteiger partial charge in [-0.2, -0.15) is 4.31 Å². The van der Waals surface area contributed by atoms with Crippen LogP contribution in [-0.4, -0.2) is 37.6 Å². The van der Waals surface area contributed by atoms with Crippen molar-refractivity contribution in [2.24, 2.45) is 11.7 Å². The van der Waals surface area contributed by atoms with Crippen LogP contribution in [0.2, 0.25) is 5.02 Å². The molecule has 0 saturated carbocycles. The quantitative estimate of drug-likeness (QED) is 0.752. The van der Waals surface area contributed by atoms with Crippen molar-refractivity contribution in [3.63, 3.8) is 0 Å². The summed E-state index contributed by atoms with van der Waals surface area (Å²) in [5, 5.41) is 3.26. The van der Waals surface area contributed by atoms with Crippen LogP contribution in [0.3, 0.4) is 0 Å². The highest BCUT2D eigenvalue weighted by Crippen LogP contribution is 2.26. The fraction of sp³-hybridized carbons (Fsp3) is 0.300. The maximum atomic E-state index is 12.9. The molecule has 0 spiro atoms. The van der Waals surface area contributed by atoms with Gasteiger partial charge in [0.15, 0.2) is 0 Å². The molecule has 1 atom stereocenters. The Morgan fingerprint density at radius 1 is 1.17 bits per heavy atom. The van der Waals surface area contributed by atoms with Gasteiger partial charge in [-0.25, -0.2) is 8.42 Å². The van der Waals surface area contributed by atoms with Gasteiger partial charge in [-0.3, -0.25) is 9.59 Å². The number of aryl methyl sites for hydroxylation is 1. The van der Waals surface area contributed by atoms with Gasteiger partial charge >= 0.3 is 0 Å². The van der Waals surface area contributed by atoms with Crippen LogP contribution in [0.4, 0.5) is 5.69 Å². The lowest BCUT2D eigenvalue weighted by atomic mass is 9.98. The first kappa shape index (κ1) is 21.3. The Hall–Kier alpha value is -2.42. The average molecular weight is 436 g/mol. The smallest absolute Gasteiger partial charge is 0.248 e. The number of sulfonamides is 1. The van der Waals surface area contributed by atoms with Crippen LogP contribution in [0, 0.1) is 12.8 Å². The Labute approximate surface area is 174 Å². The molecule has 0 bridgehead atoms. The highest BCUT2D eigenvalue weighted by atomic mass is 35.5. The van der Waals surface area contributed by atoms with Crippen molar-refractivity contribution in [2.45, 2.75) is 24.7 Å². The molecule has 1 heterocycles. The number of rotatable bonds is 5. The standard InChI is InChI=1S/C20H22ClN3O4S/c1-13-11-16(6-9-18(13)19(22)25)23-20(26)14-3-2-10-24(12-14)29(27,28)17-7-4-15(21)5-8-17/h4-9,11,14H,2-3,10,12H2,1H3,(H2,22,25)(H,23,26). The number of nitrogens with one attached hydrogen (secondary N) is 1. The van der Waals surface area contributed by atoms with Crippen molar-refractivity contribution < 1.29 is 18.0 Å². The van der Waals surface area contributed by atoms with Crippen molar-refractivity contribution in [3.05, 3.63) is 58.6 Å². The number of hydrogen-bond donors (Lipinski definition) is 2. The third-order valence-electron chi connectivity index (χ3n) is 4.97. The molecule has 3 N–H and O–H groups in total. The number of nitrogens with two attached hydrogens (primary N) is 1. The van der Waals surface area contributed by atoms with Gasteiger partial charge in [0.1, 0.15) is 0 Å². The van der Waals surface area contributed by atoms with Crippen molar-refractivity contribution in [3.8, 4) is 0 Å². The molecule has 1 aliphatic rings. The van der Waals surface area contributed by atoms with E-state index in [-0.39, 0.29) is 17.3 Å². The lowest BCUT2D eigenvalue weighted by Gasteiger charge is -2.31. The number of benzene rings is 2. The summed E-state index contributed by atoms with van der Waals surface area (Å²) < 4.78 is 27.1. The first-order valence-corrected chi connectivity index (χ1v) is 11.0. The van der Waals surface area contributed by atoms with Crippen molar-refractivity contribution >= 4 is 39.1 Å². The summed E-state index contributed by atoms with van der Waals surface area (Å²) in [6, 6.07) is 10.8. The fourth-order valence-corrected chi connectivity index (χ4v) is 5.04. The van der Waals surface area contributed by atoms with E-state index in [0.717, 1.165) is 0 Å². The van der Waals surface area contributed by atoms with E-state index in [4.69, 9.17) is 17.3 Å². The van der Waals surface area contributed by atoms with Gasteiger partial charge < -0.3 is 11.1 Å². The Morgan fingerprint density at radius 2 is 1.86 bits per heavy atom. The number of hydrogen-bond acceptors (Lipinski definition) is 4. The second-order valence-electron chi connectivity index (χ2n) is 7.04. The molecule has 2 aromatic rings. The van der Waals surface area contributed by atoms with Gasteiger partial charge in [0, 0.05) is 29.4 Å². The third kappa shape index (κ3) is 4.77. The van der Waals surface area contributed by atoms with E-state index in [1.54, 1.807) is 25.1 Å². The molecule has 1 unspecified atom stereocenters. The van der Waals surface area contributed by atoms with Crippen LogP contribution in [0.1, 0.15) is 28.8 Å². The summed E-state index contributed by atoms with van der Waals surface area (Å²) in [4.78, 5) is 24.2. The van der Waals surface area contributed by atoms with Gasteiger partial charge in [0.25, 0.3) is 0 Å². The molecular formula is C20H22ClN3O4S. The summed E-state index contributed by atoms with van der Waals surface area (Å²) >= 11 is 5.84. The minimum Gasteiger partial charge on any atom is -0.366 e. The van der Waals surface area contributed by atoms with Crippen LogP contribution in [-0.2, 0) is 14.8 Å². The zero-order valence-corrected chi connectivity index (χ0v) is 17.5. The van der Waals surface area contributed by atoms with Crippen LogP contribution in [0.15, 0.2) is 47.4 Å². The molecule has 0 radical (unpaired) electrons. The average Bonchev–Trinajstić information content (AvgIpc) is 2.68. The number of piperidine rings is 1. The second-order valence-corrected chi connectivity index (χ2v) is 9.41. The van der Waals surface area contributed by atoms with E-state index >= 15 is 0 Å². The normalized spacial score (nSPS) is 17.7. The first-order valence-electron chi connectivity index (χ1n) is 9.15. The van der Waals surface area contributed by atoms with E-state index in [1.165, 1.54) is 28.6 Å². The third-order valence-corrected chi connectivity index (χ3v) is 7.10. The molecule has 9 heteroatoms. The number of anilines is 1. The number of primary amides is 1. The van der Waals surface area contributed by atoms with Gasteiger partial charge in [-0.1, -0.05) is 11.6 Å². The number of nitrogens with zero attached hydrogens (tertiary/aromatic N) is 1. The first-order chi connectivity index (χ1) is 13.7. The molecule has 1 fully saturated rings. The lowest BCUT2D eigenvalue weighted by Crippen LogP contribution is -2.43. The van der Waals surface area contributed by atoms with Crippen LogP contribution < -0.4 is 11.1 Å². The number of halogens is 1. The van der Waals surface area contributed by atoms with E-state index in [0.29, 0.717) is 41.2 Å². The second kappa shape index (κ2) is 8.52. The molecule has 1 saturated heterocycles. The Bertz CT molecular complexity index is 1040. The largest absolute Gasteiger partial charge is 0.366 e. The topological polar surface area (TPSA) is 110 Å². The van der Waals surface area contributed by atoms with Gasteiger partial charge in [0.05, 0.1) is 10.8 Å². The van der Waals surface area contributed by atoms with E-state index in [1.807, 2.05) is 0 Å². The van der Waals surface area contributed by atoms with E-state index in [9.17, 15) is 18.0 Å². The Balaban J connectivity index is 1.71. The van der Waals surface area contributed by atoms with Crippen LogP contribution >= 0.6 is 11.6 Å². The minimum absolute atomic E-state index is 0.106. The van der Waals surface area contributed by atoms with E-state index in [2.05, 4.69) is 5.32 Å². The fourth-order valence-electron chi connectivity index (χ4n) is 3.39. The van der Waals surface area contributed by atoms with Gasteiger partial charge in [0.2, 0.25) is 21.8 Å². The van der Waals surface area contributed by atoms with Crippen molar-refractivity contribution in [1.29, 1.82) is 0 Å². The molecular weight excluding hydrogens is 414 g/mol. The minimum atomic E-state index is -3.70. The molecule has 1 aliphatic heterocycles. The summed E-state index contributed by atoms with van der Waals surface area (Å²) in [6.45, 7) is 2.20. The highest BCUT2D eigenvalue weighted by molar-refractivity contribution is 7.89. The van der Waals surface area contributed by atoms with Crippen molar-refractivity contribution in [1.82, 2.24) is 4.31 Å². The Kier molecular flexibility index (Phi) is 6.26. The monoisotopic (exact) mass is 435 g/mol. The summed E-state index contributed by atoms with van der Waals surface area (Å²) in [7, 11) is -3.70. The molecule has 7 nitrogen and oxygen atoms in total. The van der Waals surface area contributed by atoms with Crippen LogP contribution in [0.25, 0.3) is 0 Å². The summed E-state index contributed by atoms with van der Waals surface area (Å²) in [6.07, 6.45) is 1.18. The zero-order chi connectivity index (χ0) is 21.2. The van der Waals surface area contributed by atoms with Gasteiger partial charge in [-0.05, 0) is 67.8 Å². The number of carbonyl (C=O) groups is 2. The van der Waals surface area contributed by atoms with Gasteiger partial charge in [-0.15, -0.1) is 0 Å². The molecule has 2 aromatic carbocycles.